The molecule has 1 aliphatic heterocycles. The predicted molar refractivity (Wildman–Crippen MR) is 118 cm³/mol. The van der Waals surface area contributed by atoms with Crippen molar-refractivity contribution in [1.82, 2.24) is 9.97 Å². The fraction of sp³-hybridized carbons (Fsp3) is 0.565. The van der Waals surface area contributed by atoms with Gasteiger partial charge in [-0.05, 0) is 61.6 Å². The van der Waals surface area contributed by atoms with Gasteiger partial charge in [0.25, 0.3) is 0 Å². The Bertz CT molecular complexity index is 1020. The number of aliphatic hydroxyl groups is 1. The third-order valence-corrected chi connectivity index (χ3v) is 8.20. The monoisotopic (exact) mass is 463 g/mol. The molecule has 0 unspecified atom stereocenters. The summed E-state index contributed by atoms with van der Waals surface area (Å²) in [5.41, 5.74) is 1.41. The molecule has 32 heavy (non-hydrogen) atoms. The molecule has 1 saturated heterocycles. The van der Waals surface area contributed by atoms with Gasteiger partial charge in [0.15, 0.2) is 9.84 Å². The molecule has 2 heterocycles. The van der Waals surface area contributed by atoms with Gasteiger partial charge in [0.1, 0.15) is 5.82 Å². The maximum Gasteiger partial charge on any atom is 0.225 e. The van der Waals surface area contributed by atoms with Crippen LogP contribution in [0, 0.1) is 30.5 Å². The Balaban J connectivity index is 1.20. The first-order valence-electron chi connectivity index (χ1n) is 11.1. The summed E-state index contributed by atoms with van der Waals surface area (Å²) >= 11 is 0. The van der Waals surface area contributed by atoms with Gasteiger partial charge in [-0.3, -0.25) is 0 Å². The summed E-state index contributed by atoms with van der Waals surface area (Å²) in [4.78, 5) is 11.0. The highest BCUT2D eigenvalue weighted by Crippen LogP contribution is 2.48. The maximum absolute atomic E-state index is 14.3. The molecule has 1 N–H and O–H groups in total. The summed E-state index contributed by atoms with van der Waals surface area (Å²) in [6.45, 7) is 4.15. The molecule has 0 amide bonds. The van der Waals surface area contributed by atoms with E-state index in [1.165, 1.54) is 12.1 Å². The van der Waals surface area contributed by atoms with E-state index in [4.69, 9.17) is 9.84 Å². The lowest BCUT2D eigenvalue weighted by molar-refractivity contribution is 0.102. The molecule has 0 radical (unpaired) electrons. The van der Waals surface area contributed by atoms with Crippen molar-refractivity contribution in [3.8, 4) is 0 Å². The number of aryl methyl sites for hydroxylation is 1. The molecule has 1 saturated carbocycles. The van der Waals surface area contributed by atoms with Gasteiger partial charge >= 0.3 is 0 Å². The first-order valence-corrected chi connectivity index (χ1v) is 12.8. The van der Waals surface area contributed by atoms with Crippen molar-refractivity contribution in [3.05, 3.63) is 47.5 Å². The summed E-state index contributed by atoms with van der Waals surface area (Å²) < 4.78 is 43.9. The molecule has 1 aliphatic carbocycles. The molecular weight excluding hydrogens is 433 g/mol. The standard InChI is InChI=1S/C23H30FN3O4S/c1-16-12-25-23(26-13-16)27-6-4-17(5-7-27)21-10-19(21)15-31-14-18-2-3-20(11-22(18)24)32(29,30)9-8-28/h2-3,11-13,17,19,21,28H,4-10,14-15H2,1H3/t19-,21+/m0/s1. The van der Waals surface area contributed by atoms with Gasteiger partial charge in [-0.15, -0.1) is 0 Å². The molecule has 2 fully saturated rings. The van der Waals surface area contributed by atoms with E-state index in [0.717, 1.165) is 49.9 Å². The maximum atomic E-state index is 14.3. The number of halogens is 1. The minimum Gasteiger partial charge on any atom is -0.395 e. The van der Waals surface area contributed by atoms with Gasteiger partial charge in [0.2, 0.25) is 5.95 Å². The third kappa shape index (κ3) is 5.44. The van der Waals surface area contributed by atoms with Gasteiger partial charge in [-0.1, -0.05) is 6.07 Å². The fourth-order valence-corrected chi connectivity index (χ4v) is 5.55. The minimum atomic E-state index is -3.66. The Labute approximate surface area is 188 Å². The van der Waals surface area contributed by atoms with E-state index < -0.39 is 28.0 Å². The van der Waals surface area contributed by atoms with Crippen LogP contribution in [0.1, 0.15) is 30.4 Å². The van der Waals surface area contributed by atoms with Crippen LogP contribution in [-0.2, 0) is 21.2 Å². The van der Waals surface area contributed by atoms with Crippen molar-refractivity contribution < 1.29 is 22.7 Å². The van der Waals surface area contributed by atoms with Crippen molar-refractivity contribution >= 4 is 15.8 Å². The molecule has 174 valence electrons. The van der Waals surface area contributed by atoms with Crippen LogP contribution in [0.2, 0.25) is 0 Å². The van der Waals surface area contributed by atoms with Crippen LogP contribution >= 0.6 is 0 Å². The number of aromatic nitrogens is 2. The van der Waals surface area contributed by atoms with E-state index in [9.17, 15) is 12.8 Å². The van der Waals surface area contributed by atoms with E-state index in [2.05, 4.69) is 14.9 Å². The second-order valence-electron chi connectivity index (χ2n) is 8.86. The van der Waals surface area contributed by atoms with Crippen molar-refractivity contribution in [3.63, 3.8) is 0 Å². The number of sulfone groups is 1. The number of piperidine rings is 1. The second-order valence-corrected chi connectivity index (χ2v) is 11.0. The van der Waals surface area contributed by atoms with Crippen LogP contribution < -0.4 is 4.90 Å². The fourth-order valence-electron chi connectivity index (χ4n) is 4.51. The Morgan fingerprint density at radius 1 is 1.22 bits per heavy atom. The van der Waals surface area contributed by atoms with Crippen molar-refractivity contribution in [2.24, 2.45) is 17.8 Å². The van der Waals surface area contributed by atoms with Crippen LogP contribution in [0.4, 0.5) is 10.3 Å². The van der Waals surface area contributed by atoms with Gasteiger partial charge in [-0.25, -0.2) is 22.8 Å². The van der Waals surface area contributed by atoms with Crippen LogP contribution in [0.15, 0.2) is 35.5 Å². The van der Waals surface area contributed by atoms with Crippen molar-refractivity contribution in [2.75, 3.05) is 37.0 Å². The molecule has 2 atom stereocenters. The van der Waals surface area contributed by atoms with Gasteiger partial charge in [0.05, 0.1) is 30.5 Å². The van der Waals surface area contributed by atoms with E-state index in [-0.39, 0.29) is 11.5 Å². The quantitative estimate of drug-likeness (QED) is 0.611. The zero-order valence-electron chi connectivity index (χ0n) is 18.3. The molecule has 0 spiro atoms. The number of rotatable bonds is 9. The Morgan fingerprint density at radius 2 is 1.94 bits per heavy atom. The Hall–Kier alpha value is -2.10. The number of hydrogen-bond acceptors (Lipinski definition) is 7. The van der Waals surface area contributed by atoms with E-state index in [0.29, 0.717) is 29.9 Å². The summed E-state index contributed by atoms with van der Waals surface area (Å²) in [5.74, 6) is 1.64. The molecule has 7 nitrogen and oxygen atoms in total. The smallest absolute Gasteiger partial charge is 0.225 e. The van der Waals surface area contributed by atoms with Crippen molar-refractivity contribution in [2.45, 2.75) is 37.7 Å². The molecule has 9 heteroatoms. The summed E-state index contributed by atoms with van der Waals surface area (Å²) in [5, 5.41) is 8.85. The summed E-state index contributed by atoms with van der Waals surface area (Å²) in [6, 6.07) is 3.83. The molecule has 1 aromatic heterocycles. The molecule has 0 bridgehead atoms. The van der Waals surface area contributed by atoms with Crippen LogP contribution in [0.25, 0.3) is 0 Å². The highest BCUT2D eigenvalue weighted by atomic mass is 32.2. The molecule has 1 aromatic carbocycles. The second kappa shape index (κ2) is 9.80. The topological polar surface area (TPSA) is 92.6 Å². The minimum absolute atomic E-state index is 0.113. The number of nitrogens with zero attached hydrogens (tertiary/aromatic N) is 3. The molecular formula is C23H30FN3O4S. The third-order valence-electron chi connectivity index (χ3n) is 6.51. The normalized spacial score (nSPS) is 21.7. The van der Waals surface area contributed by atoms with Crippen molar-refractivity contribution in [1.29, 1.82) is 0 Å². The highest BCUT2D eigenvalue weighted by molar-refractivity contribution is 7.91. The largest absolute Gasteiger partial charge is 0.395 e. The highest BCUT2D eigenvalue weighted by Gasteiger charge is 2.43. The predicted octanol–water partition coefficient (Wildman–Crippen LogP) is 2.76. The Kier molecular flexibility index (Phi) is 7.07. The Morgan fingerprint density at radius 3 is 2.59 bits per heavy atom. The van der Waals surface area contributed by atoms with Gasteiger partial charge in [0, 0.05) is 31.0 Å². The average molecular weight is 464 g/mol. The lowest BCUT2D eigenvalue weighted by atomic mass is 9.91. The zero-order chi connectivity index (χ0) is 22.7. The number of benzene rings is 1. The zero-order valence-corrected chi connectivity index (χ0v) is 19.1. The summed E-state index contributed by atoms with van der Waals surface area (Å²) in [6.07, 6.45) is 7.10. The van der Waals surface area contributed by atoms with Crippen LogP contribution in [0.3, 0.4) is 0 Å². The van der Waals surface area contributed by atoms with Gasteiger partial charge < -0.3 is 14.7 Å². The number of ether oxygens (including phenoxy) is 1. The number of anilines is 1. The first-order chi connectivity index (χ1) is 15.4. The van der Waals surface area contributed by atoms with Gasteiger partial charge in [-0.2, -0.15) is 0 Å². The number of hydrogen-bond donors (Lipinski definition) is 1. The van der Waals surface area contributed by atoms with E-state index in [1.54, 1.807) is 0 Å². The first kappa shape index (κ1) is 23.1. The lowest BCUT2D eigenvalue weighted by Crippen LogP contribution is -2.35. The van der Waals surface area contributed by atoms with E-state index >= 15 is 0 Å². The van der Waals surface area contributed by atoms with E-state index in [1.807, 2.05) is 19.3 Å². The molecule has 4 rings (SSSR count). The van der Waals surface area contributed by atoms with Crippen LogP contribution in [0.5, 0.6) is 0 Å². The summed E-state index contributed by atoms with van der Waals surface area (Å²) in [7, 11) is -3.66. The SMILES string of the molecule is Cc1cnc(N2CCC([C@H]3C[C@H]3COCc3ccc(S(=O)(=O)CCO)cc3F)CC2)nc1. The lowest BCUT2D eigenvalue weighted by Gasteiger charge is -2.32. The molecule has 2 aliphatic rings. The average Bonchev–Trinajstić information content (AvgIpc) is 3.55. The molecule has 2 aromatic rings. The number of aliphatic hydroxyl groups excluding tert-OH is 1. The van der Waals surface area contributed by atoms with Crippen LogP contribution in [-0.4, -0.2) is 55.5 Å².